The maximum absolute atomic E-state index is 12.3. The van der Waals surface area contributed by atoms with E-state index < -0.39 is 21.8 Å². The van der Waals surface area contributed by atoms with Crippen molar-refractivity contribution in [1.29, 1.82) is 0 Å². The van der Waals surface area contributed by atoms with Crippen molar-refractivity contribution in [3.8, 4) is 0 Å². The van der Waals surface area contributed by atoms with E-state index in [9.17, 15) is 18.0 Å². The summed E-state index contributed by atoms with van der Waals surface area (Å²) in [6, 6.07) is 12.7. The zero-order valence-corrected chi connectivity index (χ0v) is 16.9. The summed E-state index contributed by atoms with van der Waals surface area (Å²) in [5, 5.41) is 0. The summed E-state index contributed by atoms with van der Waals surface area (Å²) in [7, 11) is -0.833. The standard InChI is InChI=1S/C18H21N3O4S2/c1-21(2)27(24,25)16-9-5-8-15(11-16)18(23)20-19-17(22)14-7-4-6-13(10-14)12-26-3/h4-11H,12H2,1-3H3,(H,19,22)(H,20,23). The first-order chi connectivity index (χ1) is 12.8. The predicted molar refractivity (Wildman–Crippen MR) is 106 cm³/mol. The van der Waals surface area contributed by atoms with Crippen molar-refractivity contribution in [2.24, 2.45) is 0 Å². The summed E-state index contributed by atoms with van der Waals surface area (Å²) in [5.41, 5.74) is 6.19. The van der Waals surface area contributed by atoms with Crippen LogP contribution < -0.4 is 10.9 Å². The number of rotatable bonds is 6. The summed E-state index contributed by atoms with van der Waals surface area (Å²) in [6.45, 7) is 0. The molecule has 2 aromatic rings. The summed E-state index contributed by atoms with van der Waals surface area (Å²) in [5.74, 6) is -0.288. The number of hydrogen-bond acceptors (Lipinski definition) is 5. The Kier molecular flexibility index (Phi) is 7.00. The van der Waals surface area contributed by atoms with E-state index in [0.29, 0.717) is 5.56 Å². The van der Waals surface area contributed by atoms with E-state index in [1.807, 2.05) is 12.3 Å². The van der Waals surface area contributed by atoms with Gasteiger partial charge in [0.1, 0.15) is 0 Å². The highest BCUT2D eigenvalue weighted by atomic mass is 32.2. The lowest BCUT2D eigenvalue weighted by Gasteiger charge is -2.12. The van der Waals surface area contributed by atoms with Crippen molar-refractivity contribution in [2.75, 3.05) is 20.4 Å². The molecule has 0 saturated carbocycles. The van der Waals surface area contributed by atoms with Crippen molar-refractivity contribution < 1.29 is 18.0 Å². The molecule has 0 aliphatic rings. The molecular formula is C18H21N3O4S2. The van der Waals surface area contributed by atoms with Crippen LogP contribution in [0, 0.1) is 0 Å². The van der Waals surface area contributed by atoms with Crippen LogP contribution in [0.15, 0.2) is 53.4 Å². The van der Waals surface area contributed by atoms with Gasteiger partial charge in [0.05, 0.1) is 4.90 Å². The fourth-order valence-electron chi connectivity index (χ4n) is 2.24. The Morgan fingerprint density at radius 1 is 0.963 bits per heavy atom. The zero-order chi connectivity index (χ0) is 20.0. The number of amides is 2. The lowest BCUT2D eigenvalue weighted by Crippen LogP contribution is -2.41. The topological polar surface area (TPSA) is 95.6 Å². The number of nitrogens with one attached hydrogen (secondary N) is 2. The number of hydrazine groups is 1. The summed E-state index contributed by atoms with van der Waals surface area (Å²) in [4.78, 5) is 24.5. The number of sulfonamides is 1. The van der Waals surface area contributed by atoms with Crippen LogP contribution in [0.3, 0.4) is 0 Å². The van der Waals surface area contributed by atoms with Crippen molar-refractivity contribution in [3.05, 3.63) is 65.2 Å². The average Bonchev–Trinajstić information content (AvgIpc) is 2.66. The first-order valence-electron chi connectivity index (χ1n) is 7.97. The third kappa shape index (κ3) is 5.31. The van der Waals surface area contributed by atoms with Gasteiger partial charge in [-0.15, -0.1) is 0 Å². The molecule has 2 N–H and O–H groups in total. The Labute approximate surface area is 163 Å². The monoisotopic (exact) mass is 407 g/mol. The number of hydrogen-bond donors (Lipinski definition) is 2. The van der Waals surface area contributed by atoms with E-state index in [1.54, 1.807) is 30.0 Å². The molecule has 0 aromatic heterocycles. The Balaban J connectivity index is 2.08. The van der Waals surface area contributed by atoms with Gasteiger partial charge in [-0.25, -0.2) is 12.7 Å². The maximum atomic E-state index is 12.3. The highest BCUT2D eigenvalue weighted by molar-refractivity contribution is 7.97. The molecule has 0 unspecified atom stereocenters. The maximum Gasteiger partial charge on any atom is 0.269 e. The van der Waals surface area contributed by atoms with Crippen molar-refractivity contribution >= 4 is 33.6 Å². The van der Waals surface area contributed by atoms with Crippen LogP contribution in [0.1, 0.15) is 26.3 Å². The Morgan fingerprint density at radius 2 is 1.52 bits per heavy atom. The van der Waals surface area contributed by atoms with Gasteiger partial charge in [0.15, 0.2) is 0 Å². The van der Waals surface area contributed by atoms with Crippen LogP contribution >= 0.6 is 11.8 Å². The van der Waals surface area contributed by atoms with Gasteiger partial charge in [-0.1, -0.05) is 18.2 Å². The van der Waals surface area contributed by atoms with Gasteiger partial charge in [-0.3, -0.25) is 20.4 Å². The van der Waals surface area contributed by atoms with Gasteiger partial charge < -0.3 is 0 Å². The molecule has 0 aliphatic carbocycles. The first-order valence-corrected chi connectivity index (χ1v) is 10.8. The molecule has 0 spiro atoms. The van der Waals surface area contributed by atoms with Crippen LogP contribution in [0.2, 0.25) is 0 Å². The molecule has 144 valence electrons. The van der Waals surface area contributed by atoms with Gasteiger partial charge in [0, 0.05) is 31.0 Å². The minimum absolute atomic E-state index is 0.00348. The molecule has 0 fully saturated rings. The van der Waals surface area contributed by atoms with Gasteiger partial charge in [-0.05, 0) is 42.2 Å². The summed E-state index contributed by atoms with van der Waals surface area (Å²) < 4.78 is 25.4. The second kappa shape index (κ2) is 9.03. The van der Waals surface area contributed by atoms with Crippen LogP contribution in [0.5, 0.6) is 0 Å². The van der Waals surface area contributed by atoms with E-state index in [2.05, 4.69) is 10.9 Å². The quantitative estimate of drug-likeness (QED) is 0.713. The number of carbonyl (C=O) groups excluding carboxylic acids is 2. The first kappa shape index (κ1) is 20.9. The highest BCUT2D eigenvalue weighted by Crippen LogP contribution is 2.15. The fourth-order valence-corrected chi connectivity index (χ4v) is 3.70. The summed E-state index contributed by atoms with van der Waals surface area (Å²) in [6.07, 6.45) is 1.97. The minimum atomic E-state index is -3.65. The SMILES string of the molecule is CSCc1cccc(C(=O)NNC(=O)c2cccc(S(=O)(=O)N(C)C)c2)c1. The lowest BCUT2D eigenvalue weighted by molar-refractivity contribution is 0.0846. The smallest absolute Gasteiger partial charge is 0.267 e. The molecule has 0 heterocycles. The third-order valence-electron chi connectivity index (χ3n) is 3.66. The van der Waals surface area contributed by atoms with E-state index >= 15 is 0 Å². The van der Waals surface area contributed by atoms with Crippen LogP contribution in [-0.4, -0.2) is 44.9 Å². The van der Waals surface area contributed by atoms with Crippen LogP contribution in [0.4, 0.5) is 0 Å². The van der Waals surface area contributed by atoms with Crippen LogP contribution in [0.25, 0.3) is 0 Å². The fraction of sp³-hybridized carbons (Fsp3) is 0.222. The number of nitrogens with zero attached hydrogens (tertiary/aromatic N) is 1. The predicted octanol–water partition coefficient (Wildman–Crippen LogP) is 1.87. The van der Waals surface area contributed by atoms with Gasteiger partial charge in [0.2, 0.25) is 10.0 Å². The number of thioether (sulfide) groups is 1. The van der Waals surface area contributed by atoms with E-state index in [1.165, 1.54) is 38.4 Å². The molecule has 9 heteroatoms. The minimum Gasteiger partial charge on any atom is -0.267 e. The van der Waals surface area contributed by atoms with Crippen molar-refractivity contribution in [1.82, 2.24) is 15.2 Å². The Bertz CT molecular complexity index is 943. The summed E-state index contributed by atoms with van der Waals surface area (Å²) >= 11 is 1.64. The largest absolute Gasteiger partial charge is 0.269 e. The van der Waals surface area contributed by atoms with E-state index in [-0.39, 0.29) is 10.5 Å². The second-order valence-electron chi connectivity index (χ2n) is 5.86. The molecular weight excluding hydrogens is 386 g/mol. The van der Waals surface area contributed by atoms with Gasteiger partial charge >= 0.3 is 0 Å². The van der Waals surface area contributed by atoms with Crippen molar-refractivity contribution in [2.45, 2.75) is 10.6 Å². The molecule has 0 bridgehead atoms. The third-order valence-corrected chi connectivity index (χ3v) is 6.10. The number of carbonyl (C=O) groups is 2. The Hall–Kier alpha value is -2.36. The average molecular weight is 408 g/mol. The molecule has 2 aromatic carbocycles. The zero-order valence-electron chi connectivity index (χ0n) is 15.2. The van der Waals surface area contributed by atoms with Crippen molar-refractivity contribution in [3.63, 3.8) is 0 Å². The van der Waals surface area contributed by atoms with E-state index in [4.69, 9.17) is 0 Å². The number of benzene rings is 2. The molecule has 2 amide bonds. The molecule has 0 atom stereocenters. The molecule has 2 rings (SSSR count). The molecule has 0 aliphatic heterocycles. The lowest BCUT2D eigenvalue weighted by atomic mass is 10.1. The molecule has 0 saturated heterocycles. The second-order valence-corrected chi connectivity index (χ2v) is 8.87. The van der Waals surface area contributed by atoms with Gasteiger partial charge in [0.25, 0.3) is 11.8 Å². The molecule has 0 radical (unpaired) electrons. The normalized spacial score (nSPS) is 11.3. The van der Waals surface area contributed by atoms with E-state index in [0.717, 1.165) is 15.6 Å². The molecule has 27 heavy (non-hydrogen) atoms. The Morgan fingerprint density at radius 3 is 2.07 bits per heavy atom. The van der Waals surface area contributed by atoms with Gasteiger partial charge in [-0.2, -0.15) is 11.8 Å². The molecule has 7 nitrogen and oxygen atoms in total. The highest BCUT2D eigenvalue weighted by Gasteiger charge is 2.19. The van der Waals surface area contributed by atoms with Crippen LogP contribution in [-0.2, 0) is 15.8 Å².